The zero-order valence-corrected chi connectivity index (χ0v) is 13.1. The third kappa shape index (κ3) is 4.41. The van der Waals surface area contributed by atoms with Crippen LogP contribution in [0.15, 0.2) is 0 Å². The predicted octanol–water partition coefficient (Wildman–Crippen LogP) is 1.30. The number of ether oxygens (including phenoxy) is 2. The second kappa shape index (κ2) is 5.97. The number of halogens is 2. The monoisotopic (exact) mass is 384 g/mol. The maximum Gasteiger partial charge on any atom is 0.175 e. The smallest absolute Gasteiger partial charge is 0.175 e. The summed E-state index contributed by atoms with van der Waals surface area (Å²) in [4.78, 5) is 0. The highest BCUT2D eigenvalue weighted by Gasteiger charge is 2.44. The first kappa shape index (κ1) is 14.7. The molecule has 3 nitrogen and oxygen atoms in total. The number of alkyl halides is 1. The summed E-state index contributed by atoms with van der Waals surface area (Å²) in [5.41, 5.74) is 0. The number of thiol groups is 1. The van der Waals surface area contributed by atoms with Crippen molar-refractivity contribution in [2.24, 2.45) is 0 Å². The van der Waals surface area contributed by atoms with E-state index in [-0.39, 0.29) is 0 Å². The fourth-order valence-corrected chi connectivity index (χ4v) is 3.44. The van der Waals surface area contributed by atoms with Gasteiger partial charge in [0, 0.05) is 29.2 Å². The Bertz CT molecular complexity index is 269. The maximum atomic E-state index is 13.7. The Labute approximate surface area is 113 Å². The van der Waals surface area contributed by atoms with E-state index in [1.54, 1.807) is 7.85 Å². The molecular weight excluding hydrogens is 372 g/mol. The van der Waals surface area contributed by atoms with E-state index in [9.17, 15) is 4.39 Å². The fraction of sp³-hybridized carbons (Fsp3) is 1.00. The standard InChI is InChI=1S/C6H12BFIO3PS2/c1-10-2-3-5(12-13(9,14)15)4(8)6(7)11-3/h3-6H,2,7H2,1H3,(H,14,15)/t3-,4?,5?,6-/m1/s1. The van der Waals surface area contributed by atoms with E-state index in [4.69, 9.17) is 25.8 Å². The molecule has 0 aromatic heterocycles. The van der Waals surface area contributed by atoms with Crippen molar-refractivity contribution in [3.05, 3.63) is 0 Å². The molecule has 1 saturated heterocycles. The lowest BCUT2D eigenvalue weighted by Gasteiger charge is -2.22. The minimum absolute atomic E-state index is 0.301. The van der Waals surface area contributed by atoms with Gasteiger partial charge in [0.05, 0.1) is 12.6 Å². The van der Waals surface area contributed by atoms with E-state index in [1.807, 2.05) is 22.0 Å². The minimum Gasteiger partial charge on any atom is -0.382 e. The van der Waals surface area contributed by atoms with Crippen LogP contribution in [0.25, 0.3) is 0 Å². The first-order valence-electron chi connectivity index (χ1n) is 4.34. The average Bonchev–Trinajstić information content (AvgIpc) is 2.32. The maximum absolute atomic E-state index is 13.7. The zero-order valence-electron chi connectivity index (χ0n) is 8.30. The molecule has 0 amide bonds. The second-order valence-electron chi connectivity index (χ2n) is 3.30. The fourth-order valence-electron chi connectivity index (χ4n) is 1.47. The van der Waals surface area contributed by atoms with Crippen molar-refractivity contribution in [1.29, 1.82) is 0 Å². The van der Waals surface area contributed by atoms with Gasteiger partial charge in [0.2, 0.25) is 0 Å². The molecule has 1 aliphatic heterocycles. The number of rotatable bonds is 4. The molecule has 0 radical (unpaired) electrons. The van der Waals surface area contributed by atoms with Crippen LogP contribution in [0.5, 0.6) is 0 Å². The molecule has 1 heterocycles. The van der Waals surface area contributed by atoms with Crippen molar-refractivity contribution in [2.45, 2.75) is 24.4 Å². The largest absolute Gasteiger partial charge is 0.382 e. The summed E-state index contributed by atoms with van der Waals surface area (Å²) in [5.74, 6) is 0. The molecular formula is C6H12BFIO3PS2. The van der Waals surface area contributed by atoms with Crippen molar-refractivity contribution in [3.8, 4) is 0 Å². The van der Waals surface area contributed by atoms with Crippen LogP contribution in [0.1, 0.15) is 0 Å². The van der Waals surface area contributed by atoms with Gasteiger partial charge in [-0.3, -0.25) is 0 Å². The summed E-state index contributed by atoms with van der Waals surface area (Å²) < 4.78 is 27.3. The van der Waals surface area contributed by atoms with Gasteiger partial charge in [-0.05, 0) is 11.8 Å². The summed E-state index contributed by atoms with van der Waals surface area (Å²) >= 11 is 11.1. The predicted molar refractivity (Wildman–Crippen MR) is 76.1 cm³/mol. The third-order valence-electron chi connectivity index (χ3n) is 2.10. The van der Waals surface area contributed by atoms with Gasteiger partial charge in [0.25, 0.3) is 0 Å². The third-order valence-corrected chi connectivity index (χ3v) is 3.83. The Hall–Kier alpha value is 1.60. The first-order valence-corrected chi connectivity index (χ1v) is 11.0. The molecule has 0 saturated carbocycles. The Balaban J connectivity index is 2.68. The van der Waals surface area contributed by atoms with Gasteiger partial charge < -0.3 is 14.0 Å². The molecule has 0 N–H and O–H groups in total. The summed E-state index contributed by atoms with van der Waals surface area (Å²) in [6.07, 6.45) is -2.24. The van der Waals surface area contributed by atoms with Crippen LogP contribution in [0.3, 0.4) is 0 Å². The van der Waals surface area contributed by atoms with Crippen molar-refractivity contribution >= 4 is 57.1 Å². The van der Waals surface area contributed by atoms with Crippen LogP contribution in [-0.4, -0.2) is 45.9 Å². The van der Waals surface area contributed by atoms with Crippen LogP contribution in [0, 0.1) is 0 Å². The topological polar surface area (TPSA) is 27.7 Å². The molecule has 9 heteroatoms. The lowest BCUT2D eigenvalue weighted by Crippen LogP contribution is -2.33. The van der Waals surface area contributed by atoms with Crippen molar-refractivity contribution < 1.29 is 18.4 Å². The lowest BCUT2D eigenvalue weighted by atomic mass is 9.94. The molecule has 1 fully saturated rings. The molecule has 15 heavy (non-hydrogen) atoms. The molecule has 0 spiro atoms. The van der Waals surface area contributed by atoms with Crippen molar-refractivity contribution in [3.63, 3.8) is 0 Å². The highest BCUT2D eigenvalue weighted by Crippen LogP contribution is 2.62. The van der Waals surface area contributed by atoms with Crippen LogP contribution in [-0.2, 0) is 25.8 Å². The molecule has 0 aromatic carbocycles. The number of hydrogen-bond acceptors (Lipinski definition) is 4. The van der Waals surface area contributed by atoms with Gasteiger partial charge >= 0.3 is 0 Å². The number of methoxy groups -OCH3 is 1. The van der Waals surface area contributed by atoms with Gasteiger partial charge in [0.15, 0.2) is 3.11 Å². The molecule has 88 valence electrons. The molecule has 0 aliphatic carbocycles. The Kier molecular flexibility index (Phi) is 5.84. The Morgan fingerprint density at radius 3 is 2.80 bits per heavy atom. The highest BCUT2D eigenvalue weighted by atomic mass is 127. The zero-order chi connectivity index (χ0) is 11.6. The van der Waals surface area contributed by atoms with Crippen LogP contribution in [0.4, 0.5) is 4.39 Å². The van der Waals surface area contributed by atoms with Crippen molar-refractivity contribution in [2.75, 3.05) is 13.7 Å². The highest BCUT2D eigenvalue weighted by molar-refractivity contribution is 14.2. The van der Waals surface area contributed by atoms with Crippen molar-refractivity contribution in [1.82, 2.24) is 0 Å². The van der Waals surface area contributed by atoms with Gasteiger partial charge in [-0.15, -0.1) is 12.2 Å². The van der Waals surface area contributed by atoms with Gasteiger partial charge in [-0.25, -0.2) is 4.39 Å². The molecule has 0 bridgehead atoms. The lowest BCUT2D eigenvalue weighted by molar-refractivity contribution is -0.00715. The Morgan fingerprint density at radius 2 is 2.33 bits per heavy atom. The second-order valence-corrected chi connectivity index (χ2v) is 16.8. The molecule has 3 unspecified atom stereocenters. The Morgan fingerprint density at radius 1 is 1.73 bits per heavy atom. The van der Waals surface area contributed by atoms with Crippen LogP contribution in [0.2, 0.25) is 0 Å². The van der Waals surface area contributed by atoms with E-state index in [0.29, 0.717) is 6.61 Å². The van der Waals surface area contributed by atoms with E-state index in [0.717, 1.165) is 0 Å². The minimum atomic E-state index is -2.22. The quantitative estimate of drug-likeness (QED) is 0.343. The van der Waals surface area contributed by atoms with E-state index in [1.165, 1.54) is 7.11 Å². The average molecular weight is 384 g/mol. The van der Waals surface area contributed by atoms with Gasteiger partial charge in [-0.1, -0.05) is 0 Å². The summed E-state index contributed by atoms with van der Waals surface area (Å²) in [6.45, 7) is 0.301. The molecule has 5 atom stereocenters. The van der Waals surface area contributed by atoms with E-state index < -0.39 is 27.5 Å². The number of hydrogen-bond donors (Lipinski definition) is 1. The van der Waals surface area contributed by atoms with E-state index in [2.05, 4.69) is 12.2 Å². The van der Waals surface area contributed by atoms with Gasteiger partial charge in [0.1, 0.15) is 26.2 Å². The molecule has 1 aliphatic rings. The van der Waals surface area contributed by atoms with Crippen LogP contribution >= 0.6 is 37.4 Å². The summed E-state index contributed by atoms with van der Waals surface area (Å²) in [7, 11) is 3.21. The van der Waals surface area contributed by atoms with E-state index >= 15 is 0 Å². The summed E-state index contributed by atoms with van der Waals surface area (Å²) in [6, 6.07) is -0.485. The van der Waals surface area contributed by atoms with Crippen LogP contribution < -0.4 is 0 Å². The first-order chi connectivity index (χ1) is 6.85. The van der Waals surface area contributed by atoms with Gasteiger partial charge in [-0.2, -0.15) is 0 Å². The normalized spacial score (nSPS) is 40.3. The molecule has 1 rings (SSSR count). The SMILES string of the molecule is B[C@@H]1O[C@H](COC)C(OP(=S)(S)I)C1F. The summed E-state index contributed by atoms with van der Waals surface area (Å²) in [5, 5.41) is 0. The molecule has 0 aromatic rings.